The molecule has 2 aliphatic carbocycles. The summed E-state index contributed by atoms with van der Waals surface area (Å²) in [5.74, 6) is 1.82. The second kappa shape index (κ2) is 32.4. The lowest BCUT2D eigenvalue weighted by molar-refractivity contribution is 0.0513. The Balaban J connectivity index is 0.000000217. The highest BCUT2D eigenvalue weighted by molar-refractivity contribution is 7.95. The summed E-state index contributed by atoms with van der Waals surface area (Å²) in [5.41, 5.74) is 23.0. The Morgan fingerprint density at radius 3 is 1.40 bits per heavy atom. The quantitative estimate of drug-likeness (QED) is 0.0171. The first-order valence-corrected chi connectivity index (χ1v) is 29.3. The number of benzene rings is 5. The fourth-order valence-corrected chi connectivity index (χ4v) is 13.8. The van der Waals surface area contributed by atoms with Gasteiger partial charge in [-0.05, 0) is 212 Å². The first-order chi connectivity index (χ1) is 37.7. The van der Waals surface area contributed by atoms with Gasteiger partial charge in [0.2, 0.25) is 0 Å². The zero-order chi connectivity index (χ0) is 56.1. The van der Waals surface area contributed by atoms with Crippen LogP contribution in [0.4, 0.5) is 9.59 Å². The van der Waals surface area contributed by atoms with Gasteiger partial charge in [-0.3, -0.25) is 4.79 Å². The number of carbonyl (C=O) groups is 3. The molecular weight excluding hydrogens is 1000 g/mol. The molecular formula is C62H80N8O7P+. The van der Waals surface area contributed by atoms with Crippen molar-refractivity contribution in [2.24, 2.45) is 10.2 Å². The Bertz CT molecular complexity index is 2690. The molecule has 0 aromatic heterocycles. The maximum Gasteiger partial charge on any atom is 0.407 e. The van der Waals surface area contributed by atoms with Gasteiger partial charge in [0.15, 0.2) is 0 Å². The topological polar surface area (TPSA) is 210 Å². The molecule has 0 aliphatic heterocycles. The van der Waals surface area contributed by atoms with Crippen LogP contribution in [-0.4, -0.2) is 75.2 Å². The summed E-state index contributed by atoms with van der Waals surface area (Å²) >= 11 is 0. The Hall–Kier alpha value is -7.30. The highest BCUT2D eigenvalue weighted by Gasteiger charge is 2.44. The second-order valence-corrected chi connectivity index (χ2v) is 24.6. The van der Waals surface area contributed by atoms with Crippen LogP contribution < -0.4 is 36.0 Å². The fourth-order valence-electron chi connectivity index (χ4n) is 9.47. The van der Waals surface area contributed by atoms with Crippen molar-refractivity contribution in [1.29, 1.82) is 0 Å². The second-order valence-electron chi connectivity index (χ2n) is 21.0. The predicted octanol–water partition coefficient (Wildman–Crippen LogP) is 13.9. The van der Waals surface area contributed by atoms with Crippen LogP contribution in [0.15, 0.2) is 132 Å². The first kappa shape index (κ1) is 61.6. The maximum absolute atomic E-state index is 11.7. The van der Waals surface area contributed by atoms with Crippen molar-refractivity contribution in [3.8, 4) is 11.5 Å². The van der Waals surface area contributed by atoms with Gasteiger partial charge in [-0.25, -0.2) is 9.59 Å². The third-order valence-corrected chi connectivity index (χ3v) is 17.4. The van der Waals surface area contributed by atoms with Crippen molar-refractivity contribution in [3.05, 3.63) is 176 Å². The number of nitrogens with one attached hydrogen (secondary N) is 2. The molecule has 0 bridgehead atoms. The van der Waals surface area contributed by atoms with E-state index in [2.05, 4.69) is 140 Å². The van der Waals surface area contributed by atoms with Crippen LogP contribution in [-0.2, 0) is 35.2 Å². The van der Waals surface area contributed by atoms with E-state index in [0.29, 0.717) is 45.8 Å². The minimum atomic E-state index is -1.78. The number of alkyl carbamates (subject to hydrolysis) is 2. The molecule has 16 heteroatoms. The molecule has 0 saturated heterocycles. The molecule has 0 atom stereocenters. The Labute approximate surface area is 462 Å². The van der Waals surface area contributed by atoms with Gasteiger partial charge in [-0.15, -0.1) is 0 Å². The molecule has 7 rings (SSSR count). The minimum absolute atomic E-state index is 0.397. The summed E-state index contributed by atoms with van der Waals surface area (Å²) in [6.07, 6.45) is 16.9. The number of fused-ring (bicyclic) bond motifs is 2. The third kappa shape index (κ3) is 20.2. The average Bonchev–Trinajstić information content (AvgIpc) is 3.49. The van der Waals surface area contributed by atoms with E-state index in [1.165, 1.54) is 51.0 Å². The van der Waals surface area contributed by atoms with Gasteiger partial charge in [0, 0.05) is 41.6 Å². The molecule has 0 unspecified atom stereocenters. The summed E-state index contributed by atoms with van der Waals surface area (Å²) in [6, 6.07) is 40.2. The van der Waals surface area contributed by atoms with Crippen LogP contribution in [0.2, 0.25) is 0 Å². The molecule has 15 nitrogen and oxygen atoms in total. The maximum atomic E-state index is 11.7. The number of hydrogen-bond acceptors (Lipinski definition) is 9. The molecule has 0 spiro atoms. The highest BCUT2D eigenvalue weighted by Crippen LogP contribution is 2.55. The van der Waals surface area contributed by atoms with Crippen molar-refractivity contribution in [2.45, 2.75) is 130 Å². The number of nitrogens with zero attached hydrogens (tertiary/aromatic N) is 6. The molecule has 2 aliphatic rings. The monoisotopic (exact) mass is 1080 g/mol. The number of aldehydes is 1. The number of ether oxygens (including phenoxy) is 4. The number of carbonyl (C=O) groups excluding carboxylic acids is 3. The van der Waals surface area contributed by atoms with Crippen molar-refractivity contribution < 1.29 is 33.3 Å². The van der Waals surface area contributed by atoms with Crippen LogP contribution in [0.1, 0.15) is 131 Å². The lowest BCUT2D eigenvalue weighted by atomic mass is 9.87. The van der Waals surface area contributed by atoms with Crippen molar-refractivity contribution in [3.63, 3.8) is 0 Å². The van der Waals surface area contributed by atoms with Gasteiger partial charge in [0.05, 0.1) is 19.4 Å². The minimum Gasteiger partial charge on any atom is -0.493 e. The summed E-state index contributed by atoms with van der Waals surface area (Å²) in [6.45, 7) is 14.1. The average molecular weight is 1080 g/mol. The van der Waals surface area contributed by atoms with E-state index in [1.54, 1.807) is 0 Å². The van der Waals surface area contributed by atoms with Gasteiger partial charge >= 0.3 is 12.2 Å². The third-order valence-electron chi connectivity index (χ3n) is 12.8. The number of hydrogen-bond donors (Lipinski definition) is 2. The van der Waals surface area contributed by atoms with E-state index in [4.69, 9.17) is 30.0 Å². The summed E-state index contributed by atoms with van der Waals surface area (Å²) in [5, 5.41) is 16.9. The molecule has 414 valence electrons. The molecule has 2 amide bonds. The van der Waals surface area contributed by atoms with Crippen LogP contribution in [0.3, 0.4) is 0 Å². The van der Waals surface area contributed by atoms with E-state index in [-0.39, 0.29) is 0 Å². The van der Waals surface area contributed by atoms with Crippen LogP contribution in [0, 0.1) is 0 Å². The Morgan fingerprint density at radius 1 is 0.564 bits per heavy atom. The molecule has 0 heterocycles. The van der Waals surface area contributed by atoms with E-state index in [0.717, 1.165) is 92.9 Å². The first-order valence-electron chi connectivity index (χ1n) is 27.4. The molecule has 2 N–H and O–H groups in total. The summed E-state index contributed by atoms with van der Waals surface area (Å²) in [7, 11) is -1.78. The van der Waals surface area contributed by atoms with Gasteiger partial charge in [0.25, 0.3) is 0 Å². The highest BCUT2D eigenvalue weighted by atomic mass is 31.2. The van der Waals surface area contributed by atoms with Gasteiger partial charge in [-0.2, -0.15) is 0 Å². The zero-order valence-corrected chi connectivity index (χ0v) is 47.5. The molecule has 0 radical (unpaired) electrons. The number of rotatable bonds is 22. The van der Waals surface area contributed by atoms with Crippen molar-refractivity contribution in [2.75, 3.05) is 45.6 Å². The van der Waals surface area contributed by atoms with Crippen molar-refractivity contribution in [1.82, 2.24) is 10.6 Å². The van der Waals surface area contributed by atoms with Gasteiger partial charge < -0.3 is 29.6 Å². The molecule has 78 heavy (non-hydrogen) atoms. The molecule has 5 aromatic rings. The van der Waals surface area contributed by atoms with E-state index < -0.39 is 30.7 Å². The lowest BCUT2D eigenvalue weighted by Gasteiger charge is -2.27. The van der Waals surface area contributed by atoms with Crippen molar-refractivity contribution >= 4 is 47.7 Å². The summed E-state index contributed by atoms with van der Waals surface area (Å²) < 4.78 is 22.3. The Morgan fingerprint density at radius 2 is 0.974 bits per heavy atom. The molecule has 0 saturated carbocycles. The largest absolute Gasteiger partial charge is 0.493 e. The SMILES string of the molecule is CC(C)(C)OC(=O)NCCCOc1ccc(/C=C/CCN=[N+]=[N-])c2c1CCCC2.CC(C)(C)OC(=O)NCCCOc1ccc(C=O)c2c1CCCC2.[N-]=[N+]=NCCC[P+](c1ccccc1)(c1ccccc1)c1ccccc1. The Kier molecular flexibility index (Phi) is 25.6. The molecule has 5 aromatic carbocycles. The fraction of sp³-hybridized carbons (Fsp3) is 0.435. The van der Waals surface area contributed by atoms with E-state index in [9.17, 15) is 14.4 Å². The predicted molar refractivity (Wildman–Crippen MR) is 317 cm³/mol. The zero-order valence-electron chi connectivity index (χ0n) is 46.6. The van der Waals surface area contributed by atoms with Gasteiger partial charge in [0.1, 0.15) is 52.2 Å². The molecule has 0 fully saturated rings. The van der Waals surface area contributed by atoms with Crippen LogP contribution in [0.25, 0.3) is 27.0 Å². The number of azide groups is 2. The van der Waals surface area contributed by atoms with E-state index in [1.807, 2.05) is 59.7 Å². The van der Waals surface area contributed by atoms with Crippen LogP contribution >= 0.6 is 7.26 Å². The standard InChI is InChI=1S/C22H32N4O3.C21H21N3P.C19H27NO4/c1-22(2,3)29-21(27)24-14-8-16-28-20-13-12-17(9-6-7-15-25-26-23)18-10-4-5-11-19(18)20;22-24-23-17-10-18-25(19-11-4-1-5-12-19,20-13-6-2-7-14-20)21-15-8-3-9-16-21;1-19(2,3)24-18(22)20-11-6-12-23-17-10-9-14(13-21)15-7-4-5-8-16(15)17/h6,9,12-13H,4-5,7-8,10-11,14-16H2,1-3H3,(H,24,27);1-9,11-16H,10,17-18H2;9-10,13H,4-8,11-12H2,1-3H3,(H,20,22)/q;+1;/b9-6+;;. The number of amides is 2. The van der Waals surface area contributed by atoms with Gasteiger partial charge in [-0.1, -0.05) is 83.0 Å². The van der Waals surface area contributed by atoms with Crippen LogP contribution in [0.5, 0.6) is 11.5 Å². The normalized spacial score (nSPS) is 12.7. The summed E-state index contributed by atoms with van der Waals surface area (Å²) in [4.78, 5) is 40.1. The van der Waals surface area contributed by atoms with E-state index >= 15 is 0 Å². The smallest absolute Gasteiger partial charge is 0.407 e. The lowest BCUT2D eigenvalue weighted by Crippen LogP contribution is -2.33.